The van der Waals surface area contributed by atoms with E-state index >= 15 is 0 Å². The second kappa shape index (κ2) is 4.28. The summed E-state index contributed by atoms with van der Waals surface area (Å²) >= 11 is 0. The van der Waals surface area contributed by atoms with Gasteiger partial charge in [0.25, 0.3) is 0 Å². The van der Waals surface area contributed by atoms with Crippen LogP contribution in [0.15, 0.2) is 11.6 Å². The Morgan fingerprint density at radius 2 is 1.71 bits per heavy atom. The van der Waals surface area contributed by atoms with Crippen molar-refractivity contribution in [3.63, 3.8) is 0 Å². The molecule has 94 valence electrons. The van der Waals surface area contributed by atoms with Crippen molar-refractivity contribution in [3.05, 3.63) is 11.6 Å². The average molecular weight is 236 g/mol. The third-order valence-electron chi connectivity index (χ3n) is 3.42. The van der Waals surface area contributed by atoms with E-state index in [1.54, 1.807) is 6.08 Å². The molecule has 0 saturated heterocycles. The van der Waals surface area contributed by atoms with Crippen molar-refractivity contribution in [2.24, 2.45) is 11.8 Å². The van der Waals surface area contributed by atoms with Gasteiger partial charge >= 0.3 is 5.97 Å². The predicted octanol–water partition coefficient (Wildman–Crippen LogP) is 2.64. The van der Waals surface area contributed by atoms with Crippen LogP contribution in [0, 0.1) is 11.8 Å². The molecule has 0 N–H and O–H groups in total. The van der Waals surface area contributed by atoms with Crippen LogP contribution in [-0.4, -0.2) is 17.4 Å². The Bertz CT molecular complexity index is 355. The summed E-state index contributed by atoms with van der Waals surface area (Å²) in [6, 6.07) is 0. The van der Waals surface area contributed by atoms with Crippen molar-refractivity contribution in [1.29, 1.82) is 0 Å². The lowest BCUT2D eigenvalue weighted by Gasteiger charge is -2.18. The first kappa shape index (κ1) is 12.3. The molecule has 0 heterocycles. The van der Waals surface area contributed by atoms with Gasteiger partial charge in [-0.1, -0.05) is 5.57 Å². The van der Waals surface area contributed by atoms with Gasteiger partial charge in [-0.2, -0.15) is 0 Å². The highest BCUT2D eigenvalue weighted by Gasteiger charge is 2.38. The molecule has 2 aliphatic rings. The number of esters is 1. The zero-order valence-electron chi connectivity index (χ0n) is 10.8. The summed E-state index contributed by atoms with van der Waals surface area (Å²) in [6.45, 7) is 5.60. The number of rotatable bonds is 1. The van der Waals surface area contributed by atoms with Gasteiger partial charge in [0.2, 0.25) is 0 Å². The quantitative estimate of drug-likeness (QED) is 0.519. The first-order valence-corrected chi connectivity index (χ1v) is 6.27. The van der Waals surface area contributed by atoms with E-state index in [-0.39, 0.29) is 5.97 Å². The summed E-state index contributed by atoms with van der Waals surface area (Å²) in [4.78, 5) is 22.9. The summed E-state index contributed by atoms with van der Waals surface area (Å²) in [5.74, 6) is 1.10. The molecule has 0 aliphatic heterocycles. The Hall–Kier alpha value is -1.12. The maximum absolute atomic E-state index is 11.6. The number of allylic oxidation sites excluding steroid dienone is 1. The maximum Gasteiger partial charge on any atom is 0.331 e. The van der Waals surface area contributed by atoms with E-state index < -0.39 is 5.60 Å². The molecule has 2 aliphatic carbocycles. The molecule has 0 aromatic rings. The van der Waals surface area contributed by atoms with Crippen LogP contribution in [0.5, 0.6) is 0 Å². The molecule has 2 atom stereocenters. The highest BCUT2D eigenvalue weighted by Crippen LogP contribution is 2.44. The lowest BCUT2D eigenvalue weighted by atomic mass is 10.0. The molecule has 2 fully saturated rings. The van der Waals surface area contributed by atoms with Crippen molar-refractivity contribution < 1.29 is 14.3 Å². The van der Waals surface area contributed by atoms with E-state index in [4.69, 9.17) is 4.74 Å². The van der Waals surface area contributed by atoms with Gasteiger partial charge in [0, 0.05) is 18.9 Å². The van der Waals surface area contributed by atoms with Crippen molar-refractivity contribution >= 4 is 11.8 Å². The molecule has 0 spiro atoms. The first-order valence-electron chi connectivity index (χ1n) is 6.27. The standard InChI is InChI=1S/C14H20O3/c1-14(2,3)17-13(16)6-9-4-10-7-12(15)8-11(10)5-9/h6,10-11H,4-5,7-8H2,1-3H3/t10-,11-/m0/s1. The normalized spacial score (nSPS) is 28.2. The van der Waals surface area contributed by atoms with Crippen LogP contribution in [0.4, 0.5) is 0 Å². The molecular weight excluding hydrogens is 216 g/mol. The fraction of sp³-hybridized carbons (Fsp3) is 0.714. The Morgan fingerprint density at radius 1 is 1.18 bits per heavy atom. The topological polar surface area (TPSA) is 43.4 Å². The fourth-order valence-corrected chi connectivity index (χ4v) is 2.85. The van der Waals surface area contributed by atoms with Crippen LogP contribution in [0.25, 0.3) is 0 Å². The van der Waals surface area contributed by atoms with Crippen LogP contribution < -0.4 is 0 Å². The third-order valence-corrected chi connectivity index (χ3v) is 3.42. The number of fused-ring (bicyclic) bond motifs is 1. The number of carbonyl (C=O) groups is 2. The number of Topliss-reactive ketones (excluding diaryl/α,β-unsaturated/α-hetero) is 1. The van der Waals surface area contributed by atoms with Gasteiger partial charge < -0.3 is 4.74 Å². The van der Waals surface area contributed by atoms with Crippen molar-refractivity contribution in [3.8, 4) is 0 Å². The lowest BCUT2D eigenvalue weighted by Crippen LogP contribution is -2.22. The van der Waals surface area contributed by atoms with Crippen LogP contribution in [0.2, 0.25) is 0 Å². The Morgan fingerprint density at radius 3 is 2.18 bits per heavy atom. The van der Waals surface area contributed by atoms with Crippen LogP contribution >= 0.6 is 0 Å². The Labute approximate surface area is 102 Å². The Kier molecular flexibility index (Phi) is 3.11. The molecule has 2 saturated carbocycles. The summed E-state index contributed by atoms with van der Waals surface area (Å²) in [5.41, 5.74) is 0.722. The number of ether oxygens (including phenoxy) is 1. The van der Waals surface area contributed by atoms with E-state index in [0.717, 1.165) is 18.4 Å². The minimum Gasteiger partial charge on any atom is -0.457 e. The summed E-state index contributed by atoms with van der Waals surface area (Å²) < 4.78 is 5.26. The maximum atomic E-state index is 11.6. The van der Waals surface area contributed by atoms with Gasteiger partial charge in [-0.05, 0) is 45.4 Å². The van der Waals surface area contributed by atoms with E-state index in [1.807, 2.05) is 20.8 Å². The molecule has 17 heavy (non-hydrogen) atoms. The lowest BCUT2D eigenvalue weighted by molar-refractivity contribution is -0.148. The molecular formula is C14H20O3. The molecule has 3 nitrogen and oxygen atoms in total. The monoisotopic (exact) mass is 236 g/mol. The number of hydrogen-bond acceptors (Lipinski definition) is 3. The zero-order valence-corrected chi connectivity index (χ0v) is 10.8. The molecule has 0 amide bonds. The van der Waals surface area contributed by atoms with Crippen LogP contribution in [0.1, 0.15) is 46.5 Å². The second-order valence-corrected chi connectivity index (χ2v) is 6.21. The zero-order chi connectivity index (χ0) is 12.6. The summed E-state index contributed by atoms with van der Waals surface area (Å²) in [7, 11) is 0. The largest absolute Gasteiger partial charge is 0.457 e. The van der Waals surface area contributed by atoms with Crippen LogP contribution in [-0.2, 0) is 14.3 Å². The van der Waals surface area contributed by atoms with Gasteiger partial charge in [-0.15, -0.1) is 0 Å². The molecule has 0 radical (unpaired) electrons. The molecule has 0 aromatic heterocycles. The van der Waals surface area contributed by atoms with Gasteiger partial charge in [-0.3, -0.25) is 4.79 Å². The predicted molar refractivity (Wildman–Crippen MR) is 64.4 cm³/mol. The fourth-order valence-electron chi connectivity index (χ4n) is 2.85. The minimum atomic E-state index is -0.432. The smallest absolute Gasteiger partial charge is 0.331 e. The first-order chi connectivity index (χ1) is 7.83. The van der Waals surface area contributed by atoms with E-state index in [1.165, 1.54) is 0 Å². The van der Waals surface area contributed by atoms with E-state index in [9.17, 15) is 9.59 Å². The highest BCUT2D eigenvalue weighted by molar-refractivity contribution is 5.84. The van der Waals surface area contributed by atoms with Crippen molar-refractivity contribution in [2.75, 3.05) is 0 Å². The summed E-state index contributed by atoms with van der Waals surface area (Å²) in [5, 5.41) is 0. The SMILES string of the molecule is CC(C)(C)OC(=O)C=C1C[C@H]2CC(=O)C[C@@H]2C1. The highest BCUT2D eigenvalue weighted by atomic mass is 16.6. The van der Waals surface area contributed by atoms with Gasteiger partial charge in [-0.25, -0.2) is 4.79 Å². The summed E-state index contributed by atoms with van der Waals surface area (Å²) in [6.07, 6.45) is 4.84. The van der Waals surface area contributed by atoms with Crippen LogP contribution in [0.3, 0.4) is 0 Å². The third kappa shape index (κ3) is 3.18. The van der Waals surface area contributed by atoms with Gasteiger partial charge in [0.1, 0.15) is 11.4 Å². The van der Waals surface area contributed by atoms with Crippen molar-refractivity contribution in [1.82, 2.24) is 0 Å². The Balaban J connectivity index is 1.93. The molecule has 0 unspecified atom stereocenters. The number of ketones is 1. The molecule has 2 rings (SSSR count). The van der Waals surface area contributed by atoms with Crippen molar-refractivity contribution in [2.45, 2.75) is 52.1 Å². The minimum absolute atomic E-state index is 0.251. The molecule has 0 bridgehead atoms. The number of hydrogen-bond donors (Lipinski definition) is 0. The average Bonchev–Trinajstić information content (AvgIpc) is 2.56. The van der Waals surface area contributed by atoms with E-state index in [2.05, 4.69) is 0 Å². The molecule has 0 aromatic carbocycles. The van der Waals surface area contributed by atoms with Gasteiger partial charge in [0.15, 0.2) is 0 Å². The van der Waals surface area contributed by atoms with E-state index in [0.29, 0.717) is 30.5 Å². The molecule has 3 heteroatoms. The van der Waals surface area contributed by atoms with Gasteiger partial charge in [0.05, 0.1) is 0 Å². The second-order valence-electron chi connectivity index (χ2n) is 6.21. The number of carbonyl (C=O) groups excluding carboxylic acids is 2.